The van der Waals surface area contributed by atoms with E-state index in [1.165, 1.54) is 0 Å². The summed E-state index contributed by atoms with van der Waals surface area (Å²) in [7, 11) is 0. The summed E-state index contributed by atoms with van der Waals surface area (Å²) in [5.41, 5.74) is 0.936. The Bertz CT molecular complexity index is 655. The number of ether oxygens (including phenoxy) is 1. The van der Waals surface area contributed by atoms with E-state index in [1.54, 1.807) is 12.2 Å². The van der Waals surface area contributed by atoms with Crippen LogP contribution in [0.5, 0.6) is 5.75 Å². The molecular weight excluding hydrogens is 403 g/mol. The number of hydrogen-bond acceptors (Lipinski definition) is 3. The summed E-state index contributed by atoms with van der Waals surface area (Å²) >= 11 is 2.17. The minimum absolute atomic E-state index is 0.132. The fraction of sp³-hybridized carbons (Fsp3) is 0.333. The first-order valence-corrected chi connectivity index (χ1v) is 8.68. The SMILES string of the molecule is C=CCOc1ccc(/C=C(/C#N)C(=O)NC2CCCC2)cc1I. The quantitative estimate of drug-likeness (QED) is 0.328. The van der Waals surface area contributed by atoms with Crippen LogP contribution in [0.15, 0.2) is 36.4 Å². The maximum absolute atomic E-state index is 12.2. The molecule has 0 unspecified atom stereocenters. The van der Waals surface area contributed by atoms with Gasteiger partial charge in [0.2, 0.25) is 0 Å². The van der Waals surface area contributed by atoms with Crippen LogP contribution in [0.3, 0.4) is 0 Å². The molecule has 23 heavy (non-hydrogen) atoms. The first-order valence-electron chi connectivity index (χ1n) is 7.60. The number of rotatable bonds is 6. The van der Waals surface area contributed by atoms with Gasteiger partial charge in [0.15, 0.2) is 0 Å². The summed E-state index contributed by atoms with van der Waals surface area (Å²) in [5.74, 6) is 0.470. The molecular formula is C18H19IN2O2. The van der Waals surface area contributed by atoms with Crippen LogP contribution in [0, 0.1) is 14.9 Å². The Balaban J connectivity index is 2.10. The van der Waals surface area contributed by atoms with Crippen molar-refractivity contribution in [3.63, 3.8) is 0 Å². The standard InChI is InChI=1S/C18H19IN2O2/c1-2-9-23-17-8-7-13(11-16(17)19)10-14(12-20)18(22)21-15-5-3-4-6-15/h2,7-8,10-11,15H,1,3-6,9H2,(H,21,22)/b14-10-. The second-order valence-electron chi connectivity index (χ2n) is 5.41. The van der Waals surface area contributed by atoms with E-state index in [1.807, 2.05) is 24.3 Å². The van der Waals surface area contributed by atoms with E-state index in [-0.39, 0.29) is 17.5 Å². The van der Waals surface area contributed by atoms with Crippen LogP contribution < -0.4 is 10.1 Å². The van der Waals surface area contributed by atoms with Crippen LogP contribution in [-0.4, -0.2) is 18.6 Å². The summed E-state index contributed by atoms with van der Waals surface area (Å²) in [6.45, 7) is 4.06. The Hall–Kier alpha value is -1.81. The highest BCUT2D eigenvalue weighted by Gasteiger charge is 2.19. The van der Waals surface area contributed by atoms with Crippen molar-refractivity contribution in [1.82, 2.24) is 5.32 Å². The van der Waals surface area contributed by atoms with Gasteiger partial charge in [0.05, 0.1) is 3.57 Å². The predicted molar refractivity (Wildman–Crippen MR) is 98.8 cm³/mol. The molecule has 5 heteroatoms. The van der Waals surface area contributed by atoms with Crippen LogP contribution in [0.2, 0.25) is 0 Å². The fourth-order valence-electron chi connectivity index (χ4n) is 2.52. The average molecular weight is 422 g/mol. The van der Waals surface area contributed by atoms with E-state index >= 15 is 0 Å². The summed E-state index contributed by atoms with van der Waals surface area (Å²) in [6, 6.07) is 7.75. The topological polar surface area (TPSA) is 62.1 Å². The zero-order valence-electron chi connectivity index (χ0n) is 12.8. The van der Waals surface area contributed by atoms with Gasteiger partial charge in [-0.25, -0.2) is 0 Å². The van der Waals surface area contributed by atoms with Crippen molar-refractivity contribution >= 4 is 34.6 Å². The van der Waals surface area contributed by atoms with Crippen LogP contribution in [0.1, 0.15) is 31.2 Å². The molecule has 1 aromatic carbocycles. The summed E-state index contributed by atoms with van der Waals surface area (Å²) < 4.78 is 6.44. The van der Waals surface area contributed by atoms with E-state index in [9.17, 15) is 10.1 Å². The lowest BCUT2D eigenvalue weighted by Gasteiger charge is -2.11. The number of amides is 1. The Morgan fingerprint density at radius 1 is 1.48 bits per heavy atom. The molecule has 0 heterocycles. The first-order chi connectivity index (χ1) is 11.1. The minimum atomic E-state index is -0.290. The van der Waals surface area contributed by atoms with Crippen molar-refractivity contribution in [1.29, 1.82) is 5.26 Å². The van der Waals surface area contributed by atoms with Crippen molar-refractivity contribution in [2.24, 2.45) is 0 Å². The molecule has 0 aromatic heterocycles. The smallest absolute Gasteiger partial charge is 0.262 e. The third kappa shape index (κ3) is 5.10. The first kappa shape index (κ1) is 17.5. The number of carbonyl (C=O) groups is 1. The second-order valence-corrected chi connectivity index (χ2v) is 6.58. The molecule has 1 fully saturated rings. The van der Waals surface area contributed by atoms with Crippen LogP contribution in [0.4, 0.5) is 0 Å². The summed E-state index contributed by atoms with van der Waals surface area (Å²) in [4.78, 5) is 12.2. The van der Waals surface area contributed by atoms with Crippen LogP contribution in [0.25, 0.3) is 6.08 Å². The van der Waals surface area contributed by atoms with Crippen molar-refractivity contribution in [3.05, 3.63) is 45.6 Å². The lowest BCUT2D eigenvalue weighted by Crippen LogP contribution is -2.33. The number of hydrogen-bond donors (Lipinski definition) is 1. The van der Waals surface area contributed by atoms with Gasteiger partial charge in [-0.15, -0.1) is 0 Å². The molecule has 1 saturated carbocycles. The van der Waals surface area contributed by atoms with Crippen molar-refractivity contribution in [2.75, 3.05) is 6.61 Å². The van der Waals surface area contributed by atoms with Gasteiger partial charge in [-0.3, -0.25) is 4.79 Å². The average Bonchev–Trinajstić information content (AvgIpc) is 3.04. The maximum atomic E-state index is 12.2. The Labute approximate surface area is 150 Å². The van der Waals surface area contributed by atoms with Gasteiger partial charge < -0.3 is 10.1 Å². The van der Waals surface area contributed by atoms with Gasteiger partial charge in [-0.1, -0.05) is 31.6 Å². The molecule has 1 aromatic rings. The van der Waals surface area contributed by atoms with Crippen molar-refractivity contribution < 1.29 is 9.53 Å². The largest absolute Gasteiger partial charge is 0.488 e. The number of nitrogens with one attached hydrogen (secondary N) is 1. The molecule has 0 atom stereocenters. The van der Waals surface area contributed by atoms with Gasteiger partial charge in [0, 0.05) is 6.04 Å². The molecule has 0 aliphatic heterocycles. The molecule has 1 aliphatic rings. The number of nitrogens with zero attached hydrogens (tertiary/aromatic N) is 1. The van der Waals surface area contributed by atoms with Crippen molar-refractivity contribution in [3.8, 4) is 11.8 Å². The van der Waals surface area contributed by atoms with Gasteiger partial charge in [0.1, 0.15) is 24.0 Å². The van der Waals surface area contributed by atoms with E-state index in [0.717, 1.165) is 40.6 Å². The molecule has 120 valence electrons. The zero-order chi connectivity index (χ0) is 16.7. The molecule has 1 N–H and O–H groups in total. The molecule has 2 rings (SSSR count). The monoisotopic (exact) mass is 422 g/mol. The lowest BCUT2D eigenvalue weighted by molar-refractivity contribution is -0.117. The highest BCUT2D eigenvalue weighted by molar-refractivity contribution is 14.1. The van der Waals surface area contributed by atoms with Gasteiger partial charge in [0.25, 0.3) is 5.91 Å². The Morgan fingerprint density at radius 3 is 2.83 bits per heavy atom. The minimum Gasteiger partial charge on any atom is -0.488 e. The molecule has 0 saturated heterocycles. The fourth-order valence-corrected chi connectivity index (χ4v) is 3.22. The third-order valence-corrected chi connectivity index (χ3v) is 4.52. The zero-order valence-corrected chi connectivity index (χ0v) is 15.0. The third-order valence-electron chi connectivity index (χ3n) is 3.68. The molecule has 1 aliphatic carbocycles. The highest BCUT2D eigenvalue weighted by Crippen LogP contribution is 2.23. The van der Waals surface area contributed by atoms with Gasteiger partial charge in [-0.05, 0) is 59.2 Å². The molecule has 0 bridgehead atoms. The van der Waals surface area contributed by atoms with Gasteiger partial charge >= 0.3 is 0 Å². The number of carbonyl (C=O) groups excluding carboxylic acids is 1. The second kappa shape index (κ2) is 8.73. The van der Waals surface area contributed by atoms with Crippen molar-refractivity contribution in [2.45, 2.75) is 31.7 Å². The maximum Gasteiger partial charge on any atom is 0.262 e. The normalized spacial score (nSPS) is 15.0. The molecule has 1 amide bonds. The highest BCUT2D eigenvalue weighted by atomic mass is 127. The summed E-state index contributed by atoms with van der Waals surface area (Å²) in [5, 5.41) is 12.2. The van der Waals surface area contributed by atoms with Crippen LogP contribution in [-0.2, 0) is 4.79 Å². The van der Waals surface area contributed by atoms with Gasteiger partial charge in [-0.2, -0.15) is 5.26 Å². The van der Waals surface area contributed by atoms with E-state index in [4.69, 9.17) is 4.74 Å². The Morgan fingerprint density at radius 2 is 2.22 bits per heavy atom. The van der Waals surface area contributed by atoms with E-state index in [2.05, 4.69) is 34.5 Å². The van der Waals surface area contributed by atoms with Crippen LogP contribution >= 0.6 is 22.6 Å². The summed E-state index contributed by atoms with van der Waals surface area (Å²) in [6.07, 6.45) is 7.58. The number of benzene rings is 1. The molecule has 0 radical (unpaired) electrons. The van der Waals surface area contributed by atoms with E-state index < -0.39 is 0 Å². The van der Waals surface area contributed by atoms with E-state index in [0.29, 0.717) is 6.61 Å². The number of nitriles is 1. The predicted octanol–water partition coefficient (Wildman–Crippen LogP) is 3.82. The molecule has 4 nitrogen and oxygen atoms in total. The lowest BCUT2D eigenvalue weighted by atomic mass is 10.1. The number of halogens is 1. The molecule has 0 spiro atoms. The Kier molecular flexibility index (Phi) is 6.66.